The molecule has 0 heterocycles. The van der Waals surface area contributed by atoms with Crippen LogP contribution in [0, 0.1) is 17.2 Å². The molecule has 3 N–H and O–H groups in total. The van der Waals surface area contributed by atoms with Crippen LogP contribution in [0.1, 0.15) is 6.42 Å². The lowest BCUT2D eigenvalue weighted by Gasteiger charge is -2.08. The van der Waals surface area contributed by atoms with Gasteiger partial charge < -0.3 is 15.3 Å². The Morgan fingerprint density at radius 3 is 2.17 bits per heavy atom. The Morgan fingerprint density at radius 1 is 1.42 bits per heavy atom. The highest BCUT2D eigenvalue weighted by molar-refractivity contribution is 5.75. The molecule has 0 aliphatic rings. The maximum atomic E-state index is 10.2. The van der Waals surface area contributed by atoms with E-state index in [-0.39, 0.29) is 0 Å². The number of aliphatic hydroxyl groups excluding tert-OH is 1. The Hall–Kier alpha value is -1.61. The van der Waals surface area contributed by atoms with E-state index in [1.54, 1.807) is 0 Å². The molecule has 0 saturated carbocycles. The van der Waals surface area contributed by atoms with Gasteiger partial charge in [-0.05, 0) is 0 Å². The van der Waals surface area contributed by atoms with Gasteiger partial charge in [0.05, 0.1) is 18.6 Å². The SMILES string of the molecule is N#C[C@@H](C(=O)O)C(O)CC(=O)O. The lowest BCUT2D eigenvalue weighted by molar-refractivity contribution is -0.145. The Morgan fingerprint density at radius 2 is 1.92 bits per heavy atom. The van der Waals surface area contributed by atoms with Crippen LogP contribution in [-0.4, -0.2) is 33.4 Å². The minimum Gasteiger partial charge on any atom is -0.481 e. The van der Waals surface area contributed by atoms with Crippen molar-refractivity contribution in [3.8, 4) is 6.07 Å². The molecule has 6 nitrogen and oxygen atoms in total. The third-order valence-electron chi connectivity index (χ3n) is 1.17. The van der Waals surface area contributed by atoms with Gasteiger partial charge in [0.2, 0.25) is 0 Å². The molecule has 0 saturated heterocycles. The fourth-order valence-corrected chi connectivity index (χ4v) is 0.603. The molecule has 66 valence electrons. The van der Waals surface area contributed by atoms with Gasteiger partial charge >= 0.3 is 11.9 Å². The lowest BCUT2D eigenvalue weighted by Crippen LogP contribution is -2.28. The molecule has 0 rings (SSSR count). The summed E-state index contributed by atoms with van der Waals surface area (Å²) in [7, 11) is 0. The average molecular weight is 173 g/mol. The number of aliphatic carboxylic acids is 2. The quantitative estimate of drug-likeness (QED) is 0.504. The van der Waals surface area contributed by atoms with Crippen molar-refractivity contribution >= 4 is 11.9 Å². The molecule has 0 spiro atoms. The predicted molar refractivity (Wildman–Crippen MR) is 35.0 cm³/mol. The van der Waals surface area contributed by atoms with Crippen LogP contribution in [0.15, 0.2) is 0 Å². The van der Waals surface area contributed by atoms with E-state index in [1.807, 2.05) is 0 Å². The Labute approximate surface area is 67.7 Å². The van der Waals surface area contributed by atoms with Crippen molar-refractivity contribution in [1.29, 1.82) is 5.26 Å². The van der Waals surface area contributed by atoms with E-state index in [1.165, 1.54) is 6.07 Å². The second kappa shape index (κ2) is 4.31. The highest BCUT2D eigenvalue weighted by Crippen LogP contribution is 2.06. The number of hydrogen-bond donors (Lipinski definition) is 3. The van der Waals surface area contributed by atoms with Crippen molar-refractivity contribution < 1.29 is 24.9 Å². The standard InChI is InChI=1S/C6H7NO5/c7-2-3(6(11)12)4(8)1-5(9)10/h3-4,8H,1H2,(H,9,10)(H,11,12)/t3-,4?/m1/s1. The molecule has 0 fully saturated rings. The zero-order chi connectivity index (χ0) is 9.72. The van der Waals surface area contributed by atoms with Crippen LogP contribution in [-0.2, 0) is 9.59 Å². The minimum absolute atomic E-state index is 0.746. The highest BCUT2D eigenvalue weighted by atomic mass is 16.4. The van der Waals surface area contributed by atoms with Crippen molar-refractivity contribution in [2.24, 2.45) is 5.92 Å². The smallest absolute Gasteiger partial charge is 0.323 e. The average Bonchev–Trinajstić information content (AvgIpc) is 1.85. The third-order valence-corrected chi connectivity index (χ3v) is 1.17. The molecule has 0 aromatic heterocycles. The largest absolute Gasteiger partial charge is 0.481 e. The Kier molecular flexibility index (Phi) is 3.73. The summed E-state index contributed by atoms with van der Waals surface area (Å²) in [5.41, 5.74) is 0. The van der Waals surface area contributed by atoms with Gasteiger partial charge in [-0.3, -0.25) is 9.59 Å². The summed E-state index contributed by atoms with van der Waals surface area (Å²) in [6.07, 6.45) is -2.41. The Balaban J connectivity index is 4.24. The van der Waals surface area contributed by atoms with Gasteiger partial charge in [-0.1, -0.05) is 0 Å². The summed E-state index contributed by atoms with van der Waals surface area (Å²) in [5, 5.41) is 33.5. The van der Waals surface area contributed by atoms with Gasteiger partial charge in [-0.2, -0.15) is 5.26 Å². The van der Waals surface area contributed by atoms with E-state index in [2.05, 4.69) is 0 Å². The molecule has 0 radical (unpaired) electrons. The molecule has 0 aromatic carbocycles. The van der Waals surface area contributed by atoms with Gasteiger partial charge in [0.25, 0.3) is 0 Å². The van der Waals surface area contributed by atoms with Crippen LogP contribution in [0.5, 0.6) is 0 Å². The van der Waals surface area contributed by atoms with Crippen LogP contribution >= 0.6 is 0 Å². The number of carboxylic acid groups (broad SMARTS) is 2. The number of nitrogens with zero attached hydrogens (tertiary/aromatic N) is 1. The van der Waals surface area contributed by atoms with Gasteiger partial charge in [-0.25, -0.2) is 0 Å². The van der Waals surface area contributed by atoms with Crippen LogP contribution in [0.25, 0.3) is 0 Å². The molecule has 1 unspecified atom stereocenters. The second-order valence-corrected chi connectivity index (χ2v) is 2.11. The molecular formula is C6H7NO5. The summed E-state index contributed by atoms with van der Waals surface area (Å²) in [4.78, 5) is 20.2. The molecule has 0 amide bonds. The first-order valence-corrected chi connectivity index (χ1v) is 3.01. The summed E-state index contributed by atoms with van der Waals surface area (Å²) < 4.78 is 0. The fourth-order valence-electron chi connectivity index (χ4n) is 0.603. The van der Waals surface area contributed by atoms with E-state index in [4.69, 9.17) is 20.6 Å². The maximum Gasteiger partial charge on any atom is 0.323 e. The molecule has 0 bridgehead atoms. The molecule has 0 aliphatic heterocycles. The monoisotopic (exact) mass is 173 g/mol. The van der Waals surface area contributed by atoms with Crippen LogP contribution in [0.3, 0.4) is 0 Å². The first-order chi connectivity index (χ1) is 5.49. The Bertz CT molecular complexity index is 231. The van der Waals surface area contributed by atoms with E-state index < -0.39 is 30.4 Å². The van der Waals surface area contributed by atoms with Gasteiger partial charge in [0.1, 0.15) is 0 Å². The van der Waals surface area contributed by atoms with E-state index in [0.29, 0.717) is 0 Å². The van der Waals surface area contributed by atoms with Crippen molar-refractivity contribution in [1.82, 2.24) is 0 Å². The van der Waals surface area contributed by atoms with Crippen LogP contribution in [0.2, 0.25) is 0 Å². The van der Waals surface area contributed by atoms with E-state index in [0.717, 1.165) is 0 Å². The van der Waals surface area contributed by atoms with Crippen molar-refractivity contribution in [3.63, 3.8) is 0 Å². The van der Waals surface area contributed by atoms with Crippen molar-refractivity contribution in [2.45, 2.75) is 12.5 Å². The van der Waals surface area contributed by atoms with Crippen LogP contribution < -0.4 is 0 Å². The number of hydrogen-bond acceptors (Lipinski definition) is 4. The van der Waals surface area contributed by atoms with Crippen LogP contribution in [0.4, 0.5) is 0 Å². The second-order valence-electron chi connectivity index (χ2n) is 2.11. The summed E-state index contributed by atoms with van der Waals surface area (Å²) in [6.45, 7) is 0. The maximum absolute atomic E-state index is 10.2. The number of aliphatic hydroxyl groups is 1. The zero-order valence-corrected chi connectivity index (χ0v) is 5.97. The first-order valence-electron chi connectivity index (χ1n) is 3.01. The number of carbonyl (C=O) groups is 2. The normalized spacial score (nSPS) is 14.3. The molecule has 0 aliphatic carbocycles. The van der Waals surface area contributed by atoms with Gasteiger partial charge in [0.15, 0.2) is 5.92 Å². The molecule has 2 atom stereocenters. The number of rotatable bonds is 4. The number of nitriles is 1. The van der Waals surface area contributed by atoms with Crippen molar-refractivity contribution in [2.75, 3.05) is 0 Å². The lowest BCUT2D eigenvalue weighted by atomic mass is 10.0. The topological polar surface area (TPSA) is 119 Å². The third kappa shape index (κ3) is 2.98. The summed E-state index contributed by atoms with van der Waals surface area (Å²) >= 11 is 0. The molecule has 12 heavy (non-hydrogen) atoms. The predicted octanol–water partition coefficient (Wildman–Crippen LogP) is -0.954. The zero-order valence-electron chi connectivity index (χ0n) is 5.97. The summed E-state index contributed by atoms with van der Waals surface area (Å²) in [6, 6.07) is 1.29. The van der Waals surface area contributed by atoms with Gasteiger partial charge in [-0.15, -0.1) is 0 Å². The fraction of sp³-hybridized carbons (Fsp3) is 0.500. The molecule has 0 aromatic rings. The molecular weight excluding hydrogens is 166 g/mol. The first kappa shape index (κ1) is 10.4. The highest BCUT2D eigenvalue weighted by Gasteiger charge is 2.27. The van der Waals surface area contributed by atoms with E-state index in [9.17, 15) is 9.59 Å². The minimum atomic E-state index is -1.68. The number of carboxylic acids is 2. The summed E-state index contributed by atoms with van der Waals surface area (Å²) in [5.74, 6) is -4.55. The van der Waals surface area contributed by atoms with Gasteiger partial charge in [0, 0.05) is 0 Å². The molecule has 6 heteroatoms. The van der Waals surface area contributed by atoms with E-state index >= 15 is 0 Å². The van der Waals surface area contributed by atoms with Crippen molar-refractivity contribution in [3.05, 3.63) is 0 Å².